The van der Waals surface area contributed by atoms with Crippen molar-refractivity contribution in [2.24, 2.45) is 0 Å². The standard InChI is InChI=1S/C13H23NO5S/c1-3-12(15)18-9-6-14-13(16)19-8-5-4-7-17-10-11(2)20/h3,11,20H,1,4-10H2,2H3,(H,14,16). The minimum absolute atomic E-state index is 0.0930. The van der Waals surface area contributed by atoms with E-state index in [1.54, 1.807) is 0 Å². The third kappa shape index (κ3) is 13.2. The van der Waals surface area contributed by atoms with Gasteiger partial charge in [0.05, 0.1) is 19.8 Å². The molecule has 0 rings (SSSR count). The minimum atomic E-state index is -0.524. The van der Waals surface area contributed by atoms with E-state index < -0.39 is 12.1 Å². The Hall–Kier alpha value is -1.21. The third-order valence-electron chi connectivity index (χ3n) is 2.06. The zero-order valence-corrected chi connectivity index (χ0v) is 12.7. The average molecular weight is 305 g/mol. The first-order chi connectivity index (χ1) is 9.56. The fourth-order valence-corrected chi connectivity index (χ4v) is 1.25. The molecule has 0 bridgehead atoms. The van der Waals surface area contributed by atoms with Gasteiger partial charge in [-0.2, -0.15) is 12.6 Å². The van der Waals surface area contributed by atoms with Gasteiger partial charge in [-0.05, 0) is 12.8 Å². The number of hydrogen-bond acceptors (Lipinski definition) is 6. The molecule has 0 aromatic rings. The summed E-state index contributed by atoms with van der Waals surface area (Å²) in [5, 5.41) is 2.69. The molecule has 0 aliphatic heterocycles. The van der Waals surface area contributed by atoms with Crippen molar-refractivity contribution in [2.75, 3.05) is 33.0 Å². The van der Waals surface area contributed by atoms with Crippen LogP contribution < -0.4 is 5.32 Å². The van der Waals surface area contributed by atoms with E-state index in [4.69, 9.17) is 9.47 Å². The predicted octanol–water partition coefficient (Wildman–Crippen LogP) is 1.56. The molecule has 0 aromatic carbocycles. The lowest BCUT2D eigenvalue weighted by Crippen LogP contribution is -2.28. The summed E-state index contributed by atoms with van der Waals surface area (Å²) in [6.45, 7) is 7.10. The fourth-order valence-electron chi connectivity index (χ4n) is 1.14. The van der Waals surface area contributed by atoms with Gasteiger partial charge in [0.25, 0.3) is 0 Å². The van der Waals surface area contributed by atoms with Crippen LogP contribution in [0.5, 0.6) is 0 Å². The number of carbonyl (C=O) groups is 2. The molecular formula is C13H23NO5S. The van der Waals surface area contributed by atoms with Crippen molar-refractivity contribution in [3.63, 3.8) is 0 Å². The van der Waals surface area contributed by atoms with Crippen LogP contribution in [0.2, 0.25) is 0 Å². The molecule has 1 N–H and O–H groups in total. The summed E-state index contributed by atoms with van der Waals surface area (Å²) in [6.07, 6.45) is 2.10. The number of nitrogens with one attached hydrogen (secondary N) is 1. The van der Waals surface area contributed by atoms with Gasteiger partial charge in [0.2, 0.25) is 0 Å². The number of hydrogen-bond donors (Lipinski definition) is 2. The molecule has 1 amide bonds. The van der Waals surface area contributed by atoms with Crippen molar-refractivity contribution < 1.29 is 23.8 Å². The number of ether oxygens (including phenoxy) is 3. The fraction of sp³-hybridized carbons (Fsp3) is 0.692. The second kappa shape index (κ2) is 12.8. The lowest BCUT2D eigenvalue weighted by molar-refractivity contribution is -0.137. The minimum Gasteiger partial charge on any atom is -0.461 e. The molecular weight excluding hydrogens is 282 g/mol. The number of esters is 1. The summed E-state index contributed by atoms with van der Waals surface area (Å²) in [7, 11) is 0. The molecule has 0 saturated heterocycles. The number of thiol groups is 1. The van der Waals surface area contributed by atoms with Crippen LogP contribution in [0.15, 0.2) is 12.7 Å². The van der Waals surface area contributed by atoms with Gasteiger partial charge in [0, 0.05) is 17.9 Å². The number of alkyl carbamates (subject to hydrolysis) is 1. The Kier molecular flexibility index (Phi) is 12.0. The number of unbranched alkanes of at least 4 members (excludes halogenated alkanes) is 1. The Balaban J connectivity index is 3.28. The van der Waals surface area contributed by atoms with Crippen molar-refractivity contribution in [1.29, 1.82) is 0 Å². The van der Waals surface area contributed by atoms with E-state index in [0.29, 0.717) is 19.8 Å². The highest BCUT2D eigenvalue weighted by Gasteiger charge is 2.02. The van der Waals surface area contributed by atoms with Crippen LogP contribution >= 0.6 is 12.6 Å². The van der Waals surface area contributed by atoms with E-state index in [2.05, 4.69) is 29.3 Å². The Labute approximate surface area is 125 Å². The highest BCUT2D eigenvalue weighted by Crippen LogP contribution is 1.96. The molecule has 1 atom stereocenters. The van der Waals surface area contributed by atoms with Gasteiger partial charge >= 0.3 is 12.1 Å². The number of amides is 1. The van der Waals surface area contributed by atoms with Gasteiger partial charge < -0.3 is 19.5 Å². The Morgan fingerprint density at radius 2 is 1.95 bits per heavy atom. The second-order valence-corrected chi connectivity index (χ2v) is 4.95. The van der Waals surface area contributed by atoms with Gasteiger partial charge in [0.1, 0.15) is 6.61 Å². The monoisotopic (exact) mass is 305 g/mol. The molecule has 1 unspecified atom stereocenters. The third-order valence-corrected chi connectivity index (χ3v) is 2.21. The highest BCUT2D eigenvalue weighted by molar-refractivity contribution is 7.80. The maximum Gasteiger partial charge on any atom is 0.407 e. The van der Waals surface area contributed by atoms with Gasteiger partial charge in [-0.15, -0.1) is 0 Å². The van der Waals surface area contributed by atoms with Crippen LogP contribution in [-0.4, -0.2) is 50.3 Å². The van der Waals surface area contributed by atoms with Crippen LogP contribution in [-0.2, 0) is 19.0 Å². The molecule has 0 saturated carbocycles. The van der Waals surface area contributed by atoms with E-state index >= 15 is 0 Å². The highest BCUT2D eigenvalue weighted by atomic mass is 32.1. The van der Waals surface area contributed by atoms with Crippen molar-refractivity contribution in [1.82, 2.24) is 5.32 Å². The van der Waals surface area contributed by atoms with Crippen molar-refractivity contribution >= 4 is 24.7 Å². The summed E-state index contributed by atoms with van der Waals surface area (Å²) in [4.78, 5) is 21.9. The molecule has 0 aliphatic rings. The summed E-state index contributed by atoms with van der Waals surface area (Å²) in [5.41, 5.74) is 0. The van der Waals surface area contributed by atoms with E-state index in [1.165, 1.54) is 0 Å². The van der Waals surface area contributed by atoms with Gasteiger partial charge in [-0.3, -0.25) is 0 Å². The summed E-state index contributed by atoms with van der Waals surface area (Å²) in [6, 6.07) is 0. The number of carbonyl (C=O) groups excluding carboxylic acids is 2. The SMILES string of the molecule is C=CC(=O)OCCNC(=O)OCCCCOCC(C)S. The van der Waals surface area contributed by atoms with Crippen molar-refractivity contribution in [3.8, 4) is 0 Å². The second-order valence-electron chi connectivity index (χ2n) is 4.07. The molecule has 116 valence electrons. The van der Waals surface area contributed by atoms with Gasteiger partial charge in [0.15, 0.2) is 0 Å². The Bertz CT molecular complexity index is 296. The summed E-state index contributed by atoms with van der Waals surface area (Å²) >= 11 is 4.19. The topological polar surface area (TPSA) is 73.9 Å². The van der Waals surface area contributed by atoms with E-state index in [-0.39, 0.29) is 18.4 Å². The molecule has 0 aromatic heterocycles. The van der Waals surface area contributed by atoms with Crippen LogP contribution in [0.3, 0.4) is 0 Å². The molecule has 7 heteroatoms. The number of rotatable bonds is 11. The Morgan fingerprint density at radius 3 is 2.60 bits per heavy atom. The van der Waals surface area contributed by atoms with Crippen LogP contribution in [0.4, 0.5) is 4.79 Å². The summed E-state index contributed by atoms with van der Waals surface area (Å²) in [5.74, 6) is -0.518. The molecule has 0 aliphatic carbocycles. The molecule has 0 radical (unpaired) electrons. The van der Waals surface area contributed by atoms with Crippen LogP contribution in [0, 0.1) is 0 Å². The predicted molar refractivity (Wildman–Crippen MR) is 79.0 cm³/mol. The molecule has 20 heavy (non-hydrogen) atoms. The van der Waals surface area contributed by atoms with E-state index in [1.807, 2.05) is 6.92 Å². The average Bonchev–Trinajstić information content (AvgIpc) is 2.41. The van der Waals surface area contributed by atoms with E-state index in [0.717, 1.165) is 18.9 Å². The zero-order valence-electron chi connectivity index (χ0n) is 11.8. The molecule has 0 spiro atoms. The molecule has 0 fully saturated rings. The lowest BCUT2D eigenvalue weighted by atomic mass is 10.3. The van der Waals surface area contributed by atoms with Gasteiger partial charge in [-0.25, -0.2) is 9.59 Å². The zero-order chi connectivity index (χ0) is 15.2. The first kappa shape index (κ1) is 18.8. The first-order valence-electron chi connectivity index (χ1n) is 6.52. The first-order valence-corrected chi connectivity index (χ1v) is 7.03. The van der Waals surface area contributed by atoms with E-state index in [9.17, 15) is 9.59 Å². The van der Waals surface area contributed by atoms with Crippen molar-refractivity contribution in [3.05, 3.63) is 12.7 Å². The normalized spacial score (nSPS) is 11.5. The summed E-state index contributed by atoms with van der Waals surface area (Å²) < 4.78 is 14.9. The quantitative estimate of drug-likeness (QED) is 0.262. The molecule has 0 heterocycles. The molecule has 6 nitrogen and oxygen atoms in total. The largest absolute Gasteiger partial charge is 0.461 e. The maximum atomic E-state index is 11.2. The smallest absolute Gasteiger partial charge is 0.407 e. The maximum absolute atomic E-state index is 11.2. The van der Waals surface area contributed by atoms with Crippen LogP contribution in [0.25, 0.3) is 0 Å². The van der Waals surface area contributed by atoms with Crippen molar-refractivity contribution in [2.45, 2.75) is 25.0 Å². The Morgan fingerprint density at radius 1 is 1.25 bits per heavy atom. The van der Waals surface area contributed by atoms with Crippen LogP contribution in [0.1, 0.15) is 19.8 Å². The lowest BCUT2D eigenvalue weighted by Gasteiger charge is -2.08. The van der Waals surface area contributed by atoms with Gasteiger partial charge in [-0.1, -0.05) is 13.5 Å².